The van der Waals surface area contributed by atoms with Gasteiger partial charge >= 0.3 is 0 Å². The summed E-state index contributed by atoms with van der Waals surface area (Å²) in [4.78, 5) is 11.8. The number of nitrogens with two attached hydrogens (primary N) is 1. The zero-order chi connectivity index (χ0) is 14.4. The molecule has 114 valence electrons. The van der Waals surface area contributed by atoms with Crippen LogP contribution < -0.4 is 15.8 Å². The van der Waals surface area contributed by atoms with Crippen LogP contribution in [-0.2, 0) is 11.3 Å². The van der Waals surface area contributed by atoms with E-state index in [2.05, 4.69) is 5.32 Å². The van der Waals surface area contributed by atoms with Crippen molar-refractivity contribution in [1.82, 2.24) is 5.32 Å². The van der Waals surface area contributed by atoms with E-state index < -0.39 is 6.04 Å². The van der Waals surface area contributed by atoms with E-state index in [0.29, 0.717) is 29.7 Å². The van der Waals surface area contributed by atoms with Gasteiger partial charge in [-0.1, -0.05) is 25.4 Å². The lowest BCUT2D eigenvalue weighted by atomic mass is 10.0. The normalized spacial score (nSPS) is 11.7. The molecule has 0 bridgehead atoms. The minimum atomic E-state index is -0.481. The molecule has 0 unspecified atom stereocenters. The Kier molecular flexibility index (Phi) is 8.62. The Bertz CT molecular complexity index is 439. The van der Waals surface area contributed by atoms with Crippen molar-refractivity contribution in [2.24, 2.45) is 11.7 Å². The third kappa shape index (κ3) is 5.99. The van der Waals surface area contributed by atoms with Gasteiger partial charge in [0.25, 0.3) is 0 Å². The number of methoxy groups -OCH3 is 1. The molecule has 6 heteroatoms. The lowest BCUT2D eigenvalue weighted by Crippen LogP contribution is -2.41. The van der Waals surface area contributed by atoms with Crippen molar-refractivity contribution in [3.8, 4) is 5.75 Å². The third-order valence-corrected chi connectivity index (χ3v) is 2.99. The average Bonchev–Trinajstić information content (AvgIpc) is 2.35. The number of benzene rings is 1. The van der Waals surface area contributed by atoms with Crippen LogP contribution in [0.2, 0.25) is 5.02 Å². The van der Waals surface area contributed by atoms with Gasteiger partial charge in [0.15, 0.2) is 0 Å². The highest BCUT2D eigenvalue weighted by Crippen LogP contribution is 2.22. The van der Waals surface area contributed by atoms with E-state index >= 15 is 0 Å². The lowest BCUT2D eigenvalue weighted by Gasteiger charge is -2.15. The highest BCUT2D eigenvalue weighted by molar-refractivity contribution is 6.30. The molecule has 0 saturated carbocycles. The Hall–Kier alpha value is -0.970. The molecule has 0 aliphatic heterocycles. The molecule has 0 saturated heterocycles. The molecular weight excluding hydrogens is 299 g/mol. The number of nitrogens with one attached hydrogen (secondary N) is 1. The lowest BCUT2D eigenvalue weighted by molar-refractivity contribution is -0.122. The summed E-state index contributed by atoms with van der Waals surface area (Å²) in [5.41, 5.74) is 6.65. The maximum atomic E-state index is 11.8. The van der Waals surface area contributed by atoms with Crippen molar-refractivity contribution in [3.05, 3.63) is 28.8 Å². The van der Waals surface area contributed by atoms with Crippen LogP contribution in [0.25, 0.3) is 0 Å². The number of hydrogen-bond acceptors (Lipinski definition) is 3. The number of rotatable bonds is 6. The molecule has 0 heterocycles. The molecule has 4 nitrogen and oxygen atoms in total. The van der Waals surface area contributed by atoms with Crippen molar-refractivity contribution in [2.75, 3.05) is 7.11 Å². The van der Waals surface area contributed by atoms with Gasteiger partial charge in [-0.15, -0.1) is 12.4 Å². The van der Waals surface area contributed by atoms with E-state index in [0.717, 1.165) is 5.56 Å². The fraction of sp³-hybridized carbons (Fsp3) is 0.500. The first kappa shape index (κ1) is 19.0. The highest BCUT2D eigenvalue weighted by atomic mass is 35.5. The number of ether oxygens (including phenoxy) is 1. The van der Waals surface area contributed by atoms with Crippen molar-refractivity contribution >= 4 is 29.9 Å². The maximum absolute atomic E-state index is 11.8. The van der Waals surface area contributed by atoms with Crippen LogP contribution in [0.1, 0.15) is 25.8 Å². The number of halogens is 2. The maximum Gasteiger partial charge on any atom is 0.237 e. The predicted molar refractivity (Wildman–Crippen MR) is 84.5 cm³/mol. The fourth-order valence-electron chi connectivity index (χ4n) is 1.81. The van der Waals surface area contributed by atoms with Crippen LogP contribution in [0.3, 0.4) is 0 Å². The fourth-order valence-corrected chi connectivity index (χ4v) is 2.01. The van der Waals surface area contributed by atoms with E-state index in [1.165, 1.54) is 0 Å². The Balaban J connectivity index is 0.00000361. The average molecular weight is 321 g/mol. The molecule has 0 aliphatic carbocycles. The van der Waals surface area contributed by atoms with Crippen LogP contribution in [0.4, 0.5) is 0 Å². The highest BCUT2D eigenvalue weighted by Gasteiger charge is 2.15. The molecular formula is C14H22Cl2N2O2. The summed E-state index contributed by atoms with van der Waals surface area (Å²) in [6, 6.07) is 4.81. The smallest absolute Gasteiger partial charge is 0.237 e. The van der Waals surface area contributed by atoms with Crippen molar-refractivity contribution in [1.29, 1.82) is 0 Å². The molecule has 0 spiro atoms. The largest absolute Gasteiger partial charge is 0.496 e. The molecule has 20 heavy (non-hydrogen) atoms. The summed E-state index contributed by atoms with van der Waals surface area (Å²) >= 11 is 5.93. The molecule has 1 amide bonds. The second-order valence-corrected chi connectivity index (χ2v) is 5.35. The zero-order valence-corrected chi connectivity index (χ0v) is 13.6. The standard InChI is InChI=1S/C14H21ClN2O2.ClH/c1-9(2)6-12(16)14(18)17-8-10-7-11(15)4-5-13(10)19-3;/h4-5,7,9,12H,6,8,16H2,1-3H3,(H,17,18);1H/t12-;/m0./s1. The van der Waals surface area contributed by atoms with Crippen LogP contribution in [-0.4, -0.2) is 19.1 Å². The van der Waals surface area contributed by atoms with Gasteiger partial charge in [-0.25, -0.2) is 0 Å². The van der Waals surface area contributed by atoms with Crippen molar-refractivity contribution in [2.45, 2.75) is 32.9 Å². The van der Waals surface area contributed by atoms with Crippen molar-refractivity contribution < 1.29 is 9.53 Å². The molecule has 0 radical (unpaired) electrons. The quantitative estimate of drug-likeness (QED) is 0.847. The summed E-state index contributed by atoms with van der Waals surface area (Å²) in [5.74, 6) is 0.930. The molecule has 0 aromatic heterocycles. The van der Waals surface area contributed by atoms with Crippen LogP contribution in [0, 0.1) is 5.92 Å². The first-order valence-corrected chi connectivity index (χ1v) is 6.67. The molecule has 3 N–H and O–H groups in total. The molecule has 0 aliphatic rings. The van der Waals surface area contributed by atoms with E-state index in [-0.39, 0.29) is 18.3 Å². The molecule has 1 rings (SSSR count). The number of amides is 1. The topological polar surface area (TPSA) is 64.3 Å². The monoisotopic (exact) mass is 320 g/mol. The molecule has 1 atom stereocenters. The van der Waals surface area contributed by atoms with Gasteiger partial charge in [0.05, 0.1) is 13.2 Å². The predicted octanol–water partition coefficient (Wildman–Crippen LogP) is 2.76. The molecule has 0 fully saturated rings. The van der Waals surface area contributed by atoms with Gasteiger partial charge in [-0.05, 0) is 30.5 Å². The Morgan fingerprint density at radius 2 is 2.10 bits per heavy atom. The SMILES string of the molecule is COc1ccc(Cl)cc1CNC(=O)[C@@H](N)CC(C)C.Cl. The van der Waals surface area contributed by atoms with Gasteiger partial charge in [-0.2, -0.15) is 0 Å². The first-order valence-electron chi connectivity index (χ1n) is 6.29. The minimum absolute atomic E-state index is 0. The summed E-state index contributed by atoms with van der Waals surface area (Å²) < 4.78 is 5.22. The number of carbonyl (C=O) groups excluding carboxylic acids is 1. The number of carbonyl (C=O) groups is 1. The number of hydrogen-bond donors (Lipinski definition) is 2. The Labute approximate surface area is 131 Å². The summed E-state index contributed by atoms with van der Waals surface area (Å²) in [5, 5.41) is 3.41. The van der Waals surface area contributed by atoms with Gasteiger partial charge in [0.2, 0.25) is 5.91 Å². The summed E-state index contributed by atoms with van der Waals surface area (Å²) in [6.07, 6.45) is 0.665. The summed E-state index contributed by atoms with van der Waals surface area (Å²) in [7, 11) is 1.58. The Morgan fingerprint density at radius 1 is 1.45 bits per heavy atom. The molecule has 1 aromatic rings. The first-order chi connectivity index (χ1) is 8.93. The van der Waals surface area contributed by atoms with Crippen molar-refractivity contribution in [3.63, 3.8) is 0 Å². The van der Waals surface area contributed by atoms with Gasteiger partial charge in [0.1, 0.15) is 5.75 Å². The van der Waals surface area contributed by atoms with E-state index in [4.69, 9.17) is 22.1 Å². The van der Waals surface area contributed by atoms with Crippen LogP contribution in [0.5, 0.6) is 5.75 Å². The third-order valence-electron chi connectivity index (χ3n) is 2.76. The van der Waals surface area contributed by atoms with Crippen LogP contribution >= 0.6 is 24.0 Å². The second-order valence-electron chi connectivity index (χ2n) is 4.91. The van der Waals surface area contributed by atoms with E-state index in [9.17, 15) is 4.79 Å². The summed E-state index contributed by atoms with van der Waals surface area (Å²) in [6.45, 7) is 4.43. The molecule has 1 aromatic carbocycles. The Morgan fingerprint density at radius 3 is 2.65 bits per heavy atom. The van der Waals surface area contributed by atoms with E-state index in [1.54, 1.807) is 25.3 Å². The van der Waals surface area contributed by atoms with E-state index in [1.807, 2.05) is 13.8 Å². The van der Waals surface area contributed by atoms with Gasteiger partial charge in [-0.3, -0.25) is 4.79 Å². The zero-order valence-electron chi connectivity index (χ0n) is 12.0. The van der Waals surface area contributed by atoms with Crippen LogP contribution in [0.15, 0.2) is 18.2 Å². The van der Waals surface area contributed by atoms with Gasteiger partial charge in [0, 0.05) is 17.1 Å². The van der Waals surface area contributed by atoms with Gasteiger partial charge < -0.3 is 15.8 Å². The second kappa shape index (κ2) is 9.06. The minimum Gasteiger partial charge on any atom is -0.496 e.